The molecule has 0 atom stereocenters. The lowest BCUT2D eigenvalue weighted by Gasteiger charge is -2.14. The van der Waals surface area contributed by atoms with E-state index in [1.54, 1.807) is 0 Å². The van der Waals surface area contributed by atoms with Gasteiger partial charge in [-0.05, 0) is 22.0 Å². The van der Waals surface area contributed by atoms with Crippen LogP contribution in [0.4, 0.5) is 22.0 Å². The van der Waals surface area contributed by atoms with Crippen molar-refractivity contribution < 1.29 is 31.5 Å². The van der Waals surface area contributed by atoms with Gasteiger partial charge in [0.2, 0.25) is 0 Å². The predicted molar refractivity (Wildman–Crippen MR) is 53.2 cm³/mol. The first-order valence-corrected chi connectivity index (χ1v) is 5.12. The molecule has 100 valence electrons. The molecular weight excluding hydrogens is 329 g/mol. The molecule has 0 unspecified atom stereocenters. The third kappa shape index (κ3) is 2.95. The van der Waals surface area contributed by atoms with Crippen LogP contribution >= 0.6 is 15.9 Å². The minimum Gasteiger partial charge on any atom is -0.465 e. The highest BCUT2D eigenvalue weighted by molar-refractivity contribution is 9.10. The van der Waals surface area contributed by atoms with Crippen LogP contribution in [0.1, 0.15) is 28.0 Å². The molecule has 0 spiro atoms. The number of hydrogen-bond donors (Lipinski definition) is 0. The normalized spacial score (nSPS) is 11.8. The van der Waals surface area contributed by atoms with Gasteiger partial charge in [0, 0.05) is 0 Å². The molecule has 0 aliphatic heterocycles. The van der Waals surface area contributed by atoms with Crippen molar-refractivity contribution in [1.29, 1.82) is 0 Å². The SMILES string of the molecule is COC(=O)c1cc(C(F)F)nc(Br)c1C(F)(F)F. The minimum atomic E-state index is -4.92. The Morgan fingerprint density at radius 1 is 1.44 bits per heavy atom. The third-order valence-corrected chi connectivity index (χ3v) is 2.48. The first-order valence-electron chi connectivity index (χ1n) is 4.32. The molecule has 0 amide bonds. The molecule has 1 aromatic rings. The minimum absolute atomic E-state index is 0.365. The number of alkyl halides is 5. The molecule has 0 saturated carbocycles. The zero-order chi connectivity index (χ0) is 14.1. The summed E-state index contributed by atoms with van der Waals surface area (Å²) in [6.45, 7) is 0. The molecule has 1 heterocycles. The average molecular weight is 334 g/mol. The van der Waals surface area contributed by atoms with E-state index < -0.39 is 40.0 Å². The molecule has 0 radical (unpaired) electrons. The highest BCUT2D eigenvalue weighted by Gasteiger charge is 2.39. The second-order valence-corrected chi connectivity index (χ2v) is 3.80. The molecule has 0 aliphatic rings. The Morgan fingerprint density at radius 3 is 2.39 bits per heavy atom. The van der Waals surface area contributed by atoms with Gasteiger partial charge >= 0.3 is 12.1 Å². The second kappa shape index (κ2) is 5.17. The maximum absolute atomic E-state index is 12.7. The highest BCUT2D eigenvalue weighted by atomic mass is 79.9. The fourth-order valence-corrected chi connectivity index (χ4v) is 1.83. The lowest BCUT2D eigenvalue weighted by Crippen LogP contribution is -2.17. The van der Waals surface area contributed by atoms with Gasteiger partial charge in [0.1, 0.15) is 15.9 Å². The number of halogens is 6. The Bertz CT molecular complexity index is 475. The number of methoxy groups -OCH3 is 1. The maximum atomic E-state index is 12.7. The topological polar surface area (TPSA) is 39.2 Å². The van der Waals surface area contributed by atoms with E-state index in [1.807, 2.05) is 0 Å². The number of rotatable bonds is 2. The summed E-state index contributed by atoms with van der Waals surface area (Å²) in [6.07, 6.45) is -8.03. The number of hydrogen-bond acceptors (Lipinski definition) is 3. The van der Waals surface area contributed by atoms with E-state index >= 15 is 0 Å². The Balaban J connectivity index is 3.55. The van der Waals surface area contributed by atoms with Crippen molar-refractivity contribution >= 4 is 21.9 Å². The van der Waals surface area contributed by atoms with E-state index in [1.165, 1.54) is 0 Å². The van der Waals surface area contributed by atoms with Crippen molar-refractivity contribution in [3.8, 4) is 0 Å². The summed E-state index contributed by atoms with van der Waals surface area (Å²) in [5.74, 6) is -1.37. The number of nitrogens with zero attached hydrogens (tertiary/aromatic N) is 1. The molecule has 9 heteroatoms. The fraction of sp³-hybridized carbons (Fsp3) is 0.333. The largest absolute Gasteiger partial charge is 0.465 e. The van der Waals surface area contributed by atoms with Crippen LogP contribution in [-0.2, 0) is 10.9 Å². The fourth-order valence-electron chi connectivity index (χ4n) is 1.19. The van der Waals surface area contributed by atoms with Gasteiger partial charge in [-0.3, -0.25) is 0 Å². The van der Waals surface area contributed by atoms with Crippen LogP contribution in [0.5, 0.6) is 0 Å². The van der Waals surface area contributed by atoms with E-state index in [0.717, 1.165) is 7.11 Å². The van der Waals surface area contributed by atoms with Crippen LogP contribution in [0.2, 0.25) is 0 Å². The quantitative estimate of drug-likeness (QED) is 0.471. The molecule has 0 N–H and O–H groups in total. The molecular formula is C9H5BrF5NO2. The number of esters is 1. The van der Waals surface area contributed by atoms with Gasteiger partial charge < -0.3 is 4.74 Å². The van der Waals surface area contributed by atoms with Crippen LogP contribution < -0.4 is 0 Å². The van der Waals surface area contributed by atoms with Gasteiger partial charge in [-0.15, -0.1) is 0 Å². The van der Waals surface area contributed by atoms with Crippen molar-refractivity contribution in [1.82, 2.24) is 4.98 Å². The van der Waals surface area contributed by atoms with Gasteiger partial charge in [0.15, 0.2) is 0 Å². The van der Waals surface area contributed by atoms with Gasteiger partial charge in [-0.25, -0.2) is 18.6 Å². The lowest BCUT2D eigenvalue weighted by molar-refractivity contribution is -0.139. The van der Waals surface area contributed by atoms with Gasteiger partial charge in [0.05, 0.1) is 12.7 Å². The molecule has 0 aromatic carbocycles. The Labute approximate surface area is 106 Å². The Kier molecular flexibility index (Phi) is 4.25. The Morgan fingerprint density at radius 2 is 2.00 bits per heavy atom. The molecule has 18 heavy (non-hydrogen) atoms. The van der Waals surface area contributed by atoms with Gasteiger partial charge in [-0.2, -0.15) is 13.2 Å². The predicted octanol–water partition coefficient (Wildman–Crippen LogP) is 3.59. The molecule has 3 nitrogen and oxygen atoms in total. The van der Waals surface area contributed by atoms with Crippen LogP contribution in [0.15, 0.2) is 10.7 Å². The van der Waals surface area contributed by atoms with Crippen molar-refractivity contribution in [2.24, 2.45) is 0 Å². The van der Waals surface area contributed by atoms with Gasteiger partial charge in [0.25, 0.3) is 6.43 Å². The summed E-state index contributed by atoms with van der Waals surface area (Å²) in [6, 6.07) is 0.365. The number of pyridine rings is 1. The summed E-state index contributed by atoms with van der Waals surface area (Å²) >= 11 is 2.43. The van der Waals surface area contributed by atoms with Crippen LogP contribution in [-0.4, -0.2) is 18.1 Å². The monoisotopic (exact) mass is 333 g/mol. The van der Waals surface area contributed by atoms with Crippen molar-refractivity contribution in [2.45, 2.75) is 12.6 Å². The third-order valence-electron chi connectivity index (χ3n) is 1.91. The lowest BCUT2D eigenvalue weighted by atomic mass is 10.1. The summed E-state index contributed by atoms with van der Waals surface area (Å²) in [5.41, 5.74) is -3.41. The summed E-state index contributed by atoms with van der Waals surface area (Å²) in [4.78, 5) is 14.2. The molecule has 0 saturated heterocycles. The van der Waals surface area contributed by atoms with E-state index in [4.69, 9.17) is 0 Å². The zero-order valence-electron chi connectivity index (χ0n) is 8.69. The van der Waals surface area contributed by atoms with E-state index in [2.05, 4.69) is 25.7 Å². The molecule has 1 aromatic heterocycles. The highest BCUT2D eigenvalue weighted by Crippen LogP contribution is 2.38. The molecule has 0 aliphatic carbocycles. The standard InChI is InChI=1S/C9H5BrF5NO2/c1-18-8(17)3-2-4(7(11)12)16-6(10)5(3)9(13,14)15/h2,7H,1H3. The van der Waals surface area contributed by atoms with Crippen molar-refractivity contribution in [3.05, 3.63) is 27.5 Å². The van der Waals surface area contributed by atoms with Gasteiger partial charge in [-0.1, -0.05) is 0 Å². The maximum Gasteiger partial charge on any atom is 0.419 e. The first kappa shape index (κ1) is 14.8. The van der Waals surface area contributed by atoms with Crippen LogP contribution in [0.3, 0.4) is 0 Å². The van der Waals surface area contributed by atoms with E-state index in [0.29, 0.717) is 6.07 Å². The zero-order valence-corrected chi connectivity index (χ0v) is 10.3. The molecule has 0 fully saturated rings. The number of carbonyl (C=O) groups excluding carboxylic acids is 1. The first-order chi connectivity index (χ1) is 8.18. The Hall–Kier alpha value is -1.25. The molecule has 0 bridgehead atoms. The average Bonchev–Trinajstić information content (AvgIpc) is 2.24. The number of aromatic nitrogens is 1. The summed E-state index contributed by atoms with van der Waals surface area (Å²) in [7, 11) is 0.846. The second-order valence-electron chi connectivity index (χ2n) is 3.05. The van der Waals surface area contributed by atoms with Crippen LogP contribution in [0.25, 0.3) is 0 Å². The summed E-state index contributed by atoms with van der Waals surface area (Å²) < 4.78 is 66.1. The van der Waals surface area contributed by atoms with Crippen molar-refractivity contribution in [3.63, 3.8) is 0 Å². The number of carbonyl (C=O) groups is 1. The summed E-state index contributed by atoms with van der Waals surface area (Å²) in [5, 5.41) is 0. The van der Waals surface area contributed by atoms with E-state index in [-0.39, 0.29) is 0 Å². The molecule has 1 rings (SSSR count). The smallest absolute Gasteiger partial charge is 0.419 e. The number of ether oxygens (including phenoxy) is 1. The van der Waals surface area contributed by atoms with Crippen LogP contribution in [0, 0.1) is 0 Å². The van der Waals surface area contributed by atoms with Crippen molar-refractivity contribution in [2.75, 3.05) is 7.11 Å². The van der Waals surface area contributed by atoms with E-state index in [9.17, 15) is 26.7 Å².